The number of hydrogen-bond donors (Lipinski definition) is 1. The van der Waals surface area contributed by atoms with Gasteiger partial charge in [0.2, 0.25) is 5.91 Å². The molecular weight excluding hydrogens is 232 g/mol. The number of carbonyl (C=O) groups is 1. The Labute approximate surface area is 111 Å². The Kier molecular flexibility index (Phi) is 6.10. The van der Waals surface area contributed by atoms with Crippen molar-refractivity contribution in [2.45, 2.75) is 53.5 Å². The quantitative estimate of drug-likeness (QED) is 0.771. The standard InChI is InChI=1S/C13H26N2OS/c1-7-8-10(11(14)17)12(16)15(6)9(2)13(3,4)5/h9-10H,7-8H2,1-6H3,(H2,14,17). The van der Waals surface area contributed by atoms with Crippen LogP contribution in [0.1, 0.15) is 47.5 Å². The van der Waals surface area contributed by atoms with Crippen molar-refractivity contribution in [2.75, 3.05) is 7.05 Å². The van der Waals surface area contributed by atoms with Crippen molar-refractivity contribution in [1.82, 2.24) is 4.90 Å². The van der Waals surface area contributed by atoms with E-state index in [1.54, 1.807) is 4.90 Å². The van der Waals surface area contributed by atoms with Crippen LogP contribution in [0.4, 0.5) is 0 Å². The summed E-state index contributed by atoms with van der Waals surface area (Å²) in [5, 5.41) is 0. The van der Waals surface area contributed by atoms with Gasteiger partial charge in [-0.05, 0) is 18.8 Å². The lowest BCUT2D eigenvalue weighted by atomic mass is 9.86. The molecule has 0 radical (unpaired) electrons. The maximum atomic E-state index is 12.3. The number of thiocarbonyl (C=S) groups is 1. The highest BCUT2D eigenvalue weighted by atomic mass is 32.1. The molecule has 0 fully saturated rings. The van der Waals surface area contributed by atoms with Crippen molar-refractivity contribution in [3.8, 4) is 0 Å². The largest absolute Gasteiger partial charge is 0.393 e. The van der Waals surface area contributed by atoms with Crippen molar-refractivity contribution < 1.29 is 4.79 Å². The summed E-state index contributed by atoms with van der Waals surface area (Å²) in [5.74, 6) is -0.272. The Morgan fingerprint density at radius 3 is 2.18 bits per heavy atom. The van der Waals surface area contributed by atoms with Crippen molar-refractivity contribution in [3.05, 3.63) is 0 Å². The van der Waals surface area contributed by atoms with E-state index in [1.165, 1.54) is 0 Å². The number of rotatable bonds is 5. The molecule has 3 nitrogen and oxygen atoms in total. The lowest BCUT2D eigenvalue weighted by molar-refractivity contribution is -0.136. The van der Waals surface area contributed by atoms with Gasteiger partial charge >= 0.3 is 0 Å². The fourth-order valence-corrected chi connectivity index (χ4v) is 1.91. The zero-order valence-corrected chi connectivity index (χ0v) is 12.7. The molecule has 0 aliphatic carbocycles. The molecule has 4 heteroatoms. The van der Waals surface area contributed by atoms with Crippen LogP contribution in [0.15, 0.2) is 0 Å². The van der Waals surface area contributed by atoms with Gasteiger partial charge in [0, 0.05) is 13.1 Å². The van der Waals surface area contributed by atoms with Gasteiger partial charge in [-0.1, -0.05) is 46.3 Å². The maximum absolute atomic E-state index is 12.3. The number of nitrogens with two attached hydrogens (primary N) is 1. The zero-order valence-electron chi connectivity index (χ0n) is 11.9. The number of amides is 1. The van der Waals surface area contributed by atoms with Gasteiger partial charge in [0.1, 0.15) is 0 Å². The number of hydrogen-bond acceptors (Lipinski definition) is 2. The van der Waals surface area contributed by atoms with Crippen LogP contribution in [0.3, 0.4) is 0 Å². The third-order valence-electron chi connectivity index (χ3n) is 3.40. The highest BCUT2D eigenvalue weighted by molar-refractivity contribution is 7.80. The van der Waals surface area contributed by atoms with Crippen molar-refractivity contribution >= 4 is 23.1 Å². The number of nitrogens with zero attached hydrogens (tertiary/aromatic N) is 1. The van der Waals surface area contributed by atoms with Crippen LogP contribution in [0.5, 0.6) is 0 Å². The second-order valence-corrected chi connectivity index (χ2v) is 6.21. The van der Waals surface area contributed by atoms with E-state index in [-0.39, 0.29) is 23.3 Å². The summed E-state index contributed by atoms with van der Waals surface area (Å²) in [6.07, 6.45) is 1.64. The highest BCUT2D eigenvalue weighted by Crippen LogP contribution is 2.24. The van der Waals surface area contributed by atoms with E-state index >= 15 is 0 Å². The van der Waals surface area contributed by atoms with Crippen molar-refractivity contribution in [2.24, 2.45) is 17.1 Å². The predicted molar refractivity (Wildman–Crippen MR) is 76.9 cm³/mol. The van der Waals surface area contributed by atoms with E-state index in [2.05, 4.69) is 27.7 Å². The molecule has 17 heavy (non-hydrogen) atoms. The molecule has 1 amide bonds. The summed E-state index contributed by atoms with van der Waals surface area (Å²) in [6, 6.07) is 0.156. The lowest BCUT2D eigenvalue weighted by Crippen LogP contribution is -2.47. The second-order valence-electron chi connectivity index (χ2n) is 5.73. The topological polar surface area (TPSA) is 46.3 Å². The molecule has 0 aromatic rings. The molecule has 2 atom stereocenters. The maximum Gasteiger partial charge on any atom is 0.232 e. The predicted octanol–water partition coefficient (Wildman–Crippen LogP) is 2.58. The van der Waals surface area contributed by atoms with E-state index in [1.807, 2.05) is 14.0 Å². The van der Waals surface area contributed by atoms with Crippen LogP contribution in [-0.2, 0) is 4.79 Å². The van der Waals surface area contributed by atoms with Crippen LogP contribution >= 0.6 is 12.2 Å². The van der Waals surface area contributed by atoms with Gasteiger partial charge in [-0.15, -0.1) is 0 Å². The van der Waals surface area contributed by atoms with Gasteiger partial charge in [0.15, 0.2) is 0 Å². The van der Waals surface area contributed by atoms with Gasteiger partial charge < -0.3 is 10.6 Å². The third-order valence-corrected chi connectivity index (χ3v) is 3.69. The average molecular weight is 258 g/mol. The molecule has 0 saturated heterocycles. The van der Waals surface area contributed by atoms with Crippen LogP contribution in [0, 0.1) is 11.3 Å². The fourth-order valence-electron chi connectivity index (χ4n) is 1.69. The Morgan fingerprint density at radius 2 is 1.88 bits per heavy atom. The molecule has 2 N–H and O–H groups in total. The van der Waals surface area contributed by atoms with Crippen molar-refractivity contribution in [1.29, 1.82) is 0 Å². The minimum Gasteiger partial charge on any atom is -0.393 e. The summed E-state index contributed by atoms with van der Waals surface area (Å²) in [7, 11) is 1.83. The first-order valence-corrected chi connectivity index (χ1v) is 6.59. The SMILES string of the molecule is CCCC(C(=O)N(C)C(C)C(C)(C)C)C(N)=S. The Hall–Kier alpha value is -0.640. The van der Waals surface area contributed by atoms with Crippen LogP contribution in [-0.4, -0.2) is 28.9 Å². The molecule has 0 spiro atoms. The molecular formula is C13H26N2OS. The highest BCUT2D eigenvalue weighted by Gasteiger charge is 2.31. The van der Waals surface area contributed by atoms with Crippen LogP contribution < -0.4 is 5.73 Å². The lowest BCUT2D eigenvalue weighted by Gasteiger charge is -2.37. The molecule has 0 saturated carbocycles. The average Bonchev–Trinajstić information content (AvgIpc) is 2.21. The van der Waals surface area contributed by atoms with E-state index in [9.17, 15) is 4.79 Å². The van der Waals surface area contributed by atoms with Crippen LogP contribution in [0.25, 0.3) is 0 Å². The van der Waals surface area contributed by atoms with Crippen molar-refractivity contribution in [3.63, 3.8) is 0 Å². The molecule has 0 aromatic carbocycles. The van der Waals surface area contributed by atoms with Gasteiger partial charge in [0.05, 0.1) is 10.9 Å². The Morgan fingerprint density at radius 1 is 1.41 bits per heavy atom. The summed E-state index contributed by atoms with van der Waals surface area (Å²) in [6.45, 7) is 10.5. The molecule has 2 unspecified atom stereocenters. The monoisotopic (exact) mass is 258 g/mol. The van der Waals surface area contributed by atoms with Gasteiger partial charge in [-0.25, -0.2) is 0 Å². The first-order valence-electron chi connectivity index (χ1n) is 6.18. The summed E-state index contributed by atoms with van der Waals surface area (Å²) in [4.78, 5) is 14.4. The molecule has 0 heterocycles. The first-order chi connectivity index (χ1) is 7.62. The Bertz CT molecular complexity index is 284. The molecule has 0 aliphatic heterocycles. The van der Waals surface area contributed by atoms with Gasteiger partial charge in [-0.2, -0.15) is 0 Å². The first kappa shape index (κ1) is 16.4. The minimum absolute atomic E-state index is 0.0433. The fraction of sp³-hybridized carbons (Fsp3) is 0.846. The minimum atomic E-state index is -0.315. The normalized spacial score (nSPS) is 15.2. The molecule has 0 aliphatic rings. The zero-order chi connectivity index (χ0) is 13.8. The second kappa shape index (κ2) is 6.34. The van der Waals surface area contributed by atoms with E-state index < -0.39 is 0 Å². The van der Waals surface area contributed by atoms with E-state index in [4.69, 9.17) is 18.0 Å². The van der Waals surface area contributed by atoms with Gasteiger partial charge in [-0.3, -0.25) is 4.79 Å². The van der Waals surface area contributed by atoms with E-state index in [0.29, 0.717) is 4.99 Å². The molecule has 0 aromatic heterocycles. The number of carbonyl (C=O) groups excluding carboxylic acids is 1. The summed E-state index contributed by atoms with van der Waals surface area (Å²) in [5.41, 5.74) is 5.71. The summed E-state index contributed by atoms with van der Waals surface area (Å²) < 4.78 is 0. The molecule has 0 rings (SSSR count). The molecule has 0 bridgehead atoms. The smallest absolute Gasteiger partial charge is 0.232 e. The van der Waals surface area contributed by atoms with E-state index in [0.717, 1.165) is 12.8 Å². The Balaban J connectivity index is 4.83. The third kappa shape index (κ3) is 4.62. The summed E-state index contributed by atoms with van der Waals surface area (Å²) >= 11 is 4.99. The molecule has 100 valence electrons. The van der Waals surface area contributed by atoms with Crippen LogP contribution in [0.2, 0.25) is 0 Å². The van der Waals surface area contributed by atoms with Gasteiger partial charge in [0.25, 0.3) is 0 Å².